The number of hydrogen-bond donors (Lipinski definition) is 2. The molecule has 0 aromatic heterocycles. The second kappa shape index (κ2) is 6.06. The van der Waals surface area contributed by atoms with E-state index in [1.807, 2.05) is 32.0 Å². The molecule has 0 aliphatic carbocycles. The van der Waals surface area contributed by atoms with Gasteiger partial charge >= 0.3 is 0 Å². The van der Waals surface area contributed by atoms with Gasteiger partial charge in [0.05, 0.1) is 18.1 Å². The van der Waals surface area contributed by atoms with Crippen molar-refractivity contribution in [1.82, 2.24) is 5.32 Å². The van der Waals surface area contributed by atoms with E-state index in [0.717, 1.165) is 15.7 Å². The van der Waals surface area contributed by atoms with E-state index in [9.17, 15) is 13.2 Å². The molecule has 1 aliphatic rings. The molecule has 2 rings (SSSR count). The first-order valence-electron chi connectivity index (χ1n) is 6.71. The largest absolute Gasteiger partial charge is 0.325 e. The molecule has 1 aliphatic heterocycles. The topological polar surface area (TPSA) is 75.3 Å². The van der Waals surface area contributed by atoms with Crippen molar-refractivity contribution in [1.29, 1.82) is 0 Å². The molecule has 0 bridgehead atoms. The van der Waals surface area contributed by atoms with E-state index in [2.05, 4.69) is 26.6 Å². The van der Waals surface area contributed by atoms with Crippen molar-refractivity contribution in [3.63, 3.8) is 0 Å². The van der Waals surface area contributed by atoms with Crippen LogP contribution in [0.25, 0.3) is 0 Å². The van der Waals surface area contributed by atoms with Crippen LogP contribution >= 0.6 is 15.9 Å². The maximum absolute atomic E-state index is 12.0. The van der Waals surface area contributed by atoms with Crippen LogP contribution in [0.4, 0.5) is 5.69 Å². The number of halogens is 1. The quantitative estimate of drug-likeness (QED) is 0.843. The van der Waals surface area contributed by atoms with Gasteiger partial charge in [0.25, 0.3) is 0 Å². The maximum Gasteiger partial charge on any atom is 0.238 e. The number of nitrogens with one attached hydrogen (secondary N) is 2. The molecular weight excluding hydrogens is 356 g/mol. The van der Waals surface area contributed by atoms with Crippen LogP contribution in [0.2, 0.25) is 0 Å². The molecule has 0 saturated carbocycles. The van der Waals surface area contributed by atoms with E-state index in [0.29, 0.717) is 6.42 Å². The highest BCUT2D eigenvalue weighted by atomic mass is 79.9. The number of rotatable bonds is 4. The summed E-state index contributed by atoms with van der Waals surface area (Å²) in [4.78, 5) is 12.0. The van der Waals surface area contributed by atoms with Crippen LogP contribution in [0.3, 0.4) is 0 Å². The lowest BCUT2D eigenvalue weighted by atomic mass is 10.0. The first-order chi connectivity index (χ1) is 9.69. The van der Waals surface area contributed by atoms with Crippen molar-refractivity contribution in [2.24, 2.45) is 0 Å². The fourth-order valence-electron chi connectivity index (χ4n) is 2.41. The Hall–Kier alpha value is -0.920. The summed E-state index contributed by atoms with van der Waals surface area (Å²) < 4.78 is 24.0. The number of aryl methyl sites for hydroxylation is 1. The molecule has 1 atom stereocenters. The van der Waals surface area contributed by atoms with Crippen LogP contribution in [-0.4, -0.2) is 37.9 Å². The third-order valence-corrected chi connectivity index (χ3v) is 6.04. The highest BCUT2D eigenvalue weighted by molar-refractivity contribution is 9.10. The van der Waals surface area contributed by atoms with Crippen LogP contribution < -0.4 is 10.6 Å². The smallest absolute Gasteiger partial charge is 0.238 e. The first kappa shape index (κ1) is 16.5. The zero-order valence-corrected chi connectivity index (χ0v) is 14.5. The molecule has 1 aromatic rings. The van der Waals surface area contributed by atoms with E-state index in [1.165, 1.54) is 0 Å². The van der Waals surface area contributed by atoms with E-state index < -0.39 is 15.4 Å². The van der Waals surface area contributed by atoms with Crippen molar-refractivity contribution >= 4 is 37.4 Å². The van der Waals surface area contributed by atoms with Gasteiger partial charge in [-0.15, -0.1) is 0 Å². The molecule has 2 N–H and O–H groups in total. The van der Waals surface area contributed by atoms with Crippen molar-refractivity contribution in [2.75, 3.05) is 23.4 Å². The number of hydrogen-bond acceptors (Lipinski definition) is 4. The third kappa shape index (κ3) is 4.52. The molecule has 0 spiro atoms. The van der Waals surface area contributed by atoms with Crippen molar-refractivity contribution in [3.8, 4) is 0 Å². The molecule has 0 radical (unpaired) electrons. The van der Waals surface area contributed by atoms with Crippen LogP contribution in [0.15, 0.2) is 22.7 Å². The number of sulfone groups is 1. The summed E-state index contributed by atoms with van der Waals surface area (Å²) in [6.07, 6.45) is 0.542. The average molecular weight is 375 g/mol. The minimum Gasteiger partial charge on any atom is -0.325 e. The average Bonchev–Trinajstić information content (AvgIpc) is 2.65. The molecule has 1 heterocycles. The number of amides is 1. The monoisotopic (exact) mass is 374 g/mol. The van der Waals surface area contributed by atoms with Crippen molar-refractivity contribution in [3.05, 3.63) is 28.2 Å². The predicted molar refractivity (Wildman–Crippen MR) is 87.2 cm³/mol. The molecule has 1 fully saturated rings. The maximum atomic E-state index is 12.0. The Kier molecular flexibility index (Phi) is 4.75. The van der Waals surface area contributed by atoms with E-state index in [1.54, 1.807) is 0 Å². The molecule has 21 heavy (non-hydrogen) atoms. The zero-order valence-electron chi connectivity index (χ0n) is 12.1. The summed E-state index contributed by atoms with van der Waals surface area (Å²) >= 11 is 3.37. The summed E-state index contributed by atoms with van der Waals surface area (Å²) in [5.41, 5.74) is 1.21. The SMILES string of the molecule is Cc1cc(Br)ccc1NC(=O)CNC1(C)CCS(=O)(=O)C1. The van der Waals surface area contributed by atoms with Gasteiger partial charge in [-0.3, -0.25) is 4.79 Å². The van der Waals surface area contributed by atoms with Gasteiger partial charge in [0.15, 0.2) is 9.84 Å². The molecule has 7 heteroatoms. The van der Waals surface area contributed by atoms with Gasteiger partial charge in [0, 0.05) is 15.7 Å². The highest BCUT2D eigenvalue weighted by Gasteiger charge is 2.38. The van der Waals surface area contributed by atoms with Crippen LogP contribution in [-0.2, 0) is 14.6 Å². The van der Waals surface area contributed by atoms with Crippen molar-refractivity contribution in [2.45, 2.75) is 25.8 Å². The number of anilines is 1. The Balaban J connectivity index is 1.91. The third-order valence-electron chi connectivity index (χ3n) is 3.64. The second-order valence-electron chi connectivity index (χ2n) is 5.76. The Bertz CT molecular complexity index is 660. The van der Waals surface area contributed by atoms with Crippen molar-refractivity contribution < 1.29 is 13.2 Å². The van der Waals surface area contributed by atoms with Crippen LogP contribution in [0, 0.1) is 6.92 Å². The van der Waals surface area contributed by atoms with Crippen LogP contribution in [0.5, 0.6) is 0 Å². The Morgan fingerprint density at radius 2 is 2.14 bits per heavy atom. The summed E-state index contributed by atoms with van der Waals surface area (Å²) in [5, 5.41) is 5.89. The summed E-state index contributed by atoms with van der Waals surface area (Å²) in [5.74, 6) is 0.0973. The number of carbonyl (C=O) groups excluding carboxylic acids is 1. The highest BCUT2D eigenvalue weighted by Crippen LogP contribution is 2.23. The van der Waals surface area contributed by atoms with E-state index in [-0.39, 0.29) is 24.0 Å². The molecule has 5 nitrogen and oxygen atoms in total. The Morgan fingerprint density at radius 3 is 2.71 bits per heavy atom. The molecule has 116 valence electrons. The lowest BCUT2D eigenvalue weighted by Crippen LogP contribution is -2.46. The molecule has 1 unspecified atom stereocenters. The van der Waals surface area contributed by atoms with Gasteiger partial charge in [0.2, 0.25) is 5.91 Å². The summed E-state index contributed by atoms with van der Waals surface area (Å²) in [6, 6.07) is 5.62. The Labute approximate surface area is 133 Å². The molecular formula is C14H19BrN2O3S. The fourth-order valence-corrected chi connectivity index (χ4v) is 5.00. The minimum absolute atomic E-state index is 0.0879. The van der Waals surface area contributed by atoms with Gasteiger partial charge in [-0.2, -0.15) is 0 Å². The Morgan fingerprint density at radius 1 is 1.43 bits per heavy atom. The number of carbonyl (C=O) groups is 1. The fraction of sp³-hybridized carbons (Fsp3) is 0.500. The standard InChI is InChI=1S/C14H19BrN2O3S/c1-10-7-11(15)3-4-12(10)17-13(18)8-16-14(2)5-6-21(19,20)9-14/h3-4,7,16H,5-6,8-9H2,1-2H3,(H,17,18). The van der Waals surface area contributed by atoms with E-state index in [4.69, 9.17) is 0 Å². The van der Waals surface area contributed by atoms with Gasteiger partial charge in [0.1, 0.15) is 0 Å². The van der Waals surface area contributed by atoms with E-state index >= 15 is 0 Å². The molecule has 1 aromatic carbocycles. The first-order valence-corrected chi connectivity index (χ1v) is 9.32. The summed E-state index contributed by atoms with van der Waals surface area (Å²) in [6.45, 7) is 3.86. The molecule has 1 saturated heterocycles. The number of benzene rings is 1. The summed E-state index contributed by atoms with van der Waals surface area (Å²) in [7, 11) is -2.97. The second-order valence-corrected chi connectivity index (χ2v) is 8.86. The van der Waals surface area contributed by atoms with Crippen LogP contribution in [0.1, 0.15) is 18.9 Å². The van der Waals surface area contributed by atoms with Gasteiger partial charge < -0.3 is 10.6 Å². The van der Waals surface area contributed by atoms with Gasteiger partial charge in [-0.1, -0.05) is 15.9 Å². The predicted octanol–water partition coefficient (Wildman–Crippen LogP) is 1.86. The lowest BCUT2D eigenvalue weighted by molar-refractivity contribution is -0.115. The molecule has 1 amide bonds. The normalized spacial score (nSPS) is 24.0. The zero-order chi connectivity index (χ0) is 15.7. The van der Waals surface area contributed by atoms with Gasteiger partial charge in [-0.25, -0.2) is 8.42 Å². The minimum atomic E-state index is -2.97. The van der Waals surface area contributed by atoms with Gasteiger partial charge in [-0.05, 0) is 44.0 Å². The lowest BCUT2D eigenvalue weighted by Gasteiger charge is -2.23.